The number of hydrogen-bond acceptors (Lipinski definition) is 7. The molecular weight excluding hydrogens is 506 g/mol. The minimum absolute atomic E-state index is 0.136. The highest BCUT2D eigenvalue weighted by Gasteiger charge is 2.25. The lowest BCUT2D eigenvalue weighted by Crippen LogP contribution is -2.37. The summed E-state index contributed by atoms with van der Waals surface area (Å²) >= 11 is 0. The van der Waals surface area contributed by atoms with Crippen LogP contribution in [0, 0.1) is 6.92 Å². The summed E-state index contributed by atoms with van der Waals surface area (Å²) in [5, 5.41) is 17.6. The molecule has 1 saturated carbocycles. The van der Waals surface area contributed by atoms with Gasteiger partial charge in [0.1, 0.15) is 5.65 Å². The van der Waals surface area contributed by atoms with Crippen molar-refractivity contribution in [3.8, 4) is 28.4 Å². The van der Waals surface area contributed by atoms with Gasteiger partial charge in [-0.3, -0.25) is 4.40 Å². The number of fused-ring (bicyclic) bond motifs is 1. The Hall–Kier alpha value is -4.73. The SMILES string of the molecule is COc1cn2c([C@H](OC(=O)NC3CCCCC3)c3ccc(-c4ccccc4-c4nn[nH]n4)cc3)ccc(C)c2n1. The lowest BCUT2D eigenvalue weighted by Gasteiger charge is -2.25. The molecule has 0 saturated heterocycles. The Bertz CT molecular complexity index is 1610. The monoisotopic (exact) mass is 537 g/mol. The van der Waals surface area contributed by atoms with E-state index in [0.29, 0.717) is 11.7 Å². The Morgan fingerprint density at radius 3 is 2.52 bits per heavy atom. The van der Waals surface area contributed by atoms with Crippen LogP contribution < -0.4 is 10.1 Å². The molecule has 204 valence electrons. The van der Waals surface area contributed by atoms with Crippen molar-refractivity contribution in [1.29, 1.82) is 0 Å². The maximum absolute atomic E-state index is 13.2. The Labute approximate surface area is 231 Å². The zero-order valence-electron chi connectivity index (χ0n) is 22.5. The number of imidazole rings is 1. The summed E-state index contributed by atoms with van der Waals surface area (Å²) in [6.45, 7) is 1.99. The molecule has 0 spiro atoms. The van der Waals surface area contributed by atoms with Gasteiger partial charge in [0.05, 0.1) is 19.0 Å². The van der Waals surface area contributed by atoms with Crippen LogP contribution in [0.3, 0.4) is 0 Å². The molecule has 2 aromatic carbocycles. The molecule has 1 aliphatic carbocycles. The predicted molar refractivity (Wildman–Crippen MR) is 150 cm³/mol. The highest BCUT2D eigenvalue weighted by Crippen LogP contribution is 2.34. The van der Waals surface area contributed by atoms with Gasteiger partial charge in [-0.2, -0.15) is 10.2 Å². The number of ether oxygens (including phenoxy) is 2. The van der Waals surface area contributed by atoms with Crippen LogP contribution in [0.5, 0.6) is 5.88 Å². The Balaban J connectivity index is 1.37. The van der Waals surface area contributed by atoms with Crippen LogP contribution in [0.2, 0.25) is 0 Å². The molecule has 1 fully saturated rings. The van der Waals surface area contributed by atoms with Gasteiger partial charge in [-0.25, -0.2) is 4.79 Å². The first-order chi connectivity index (χ1) is 19.6. The summed E-state index contributed by atoms with van der Waals surface area (Å²) in [5.41, 5.74) is 6.17. The van der Waals surface area contributed by atoms with E-state index in [1.807, 2.05) is 78.2 Å². The Morgan fingerprint density at radius 2 is 1.80 bits per heavy atom. The topological polar surface area (TPSA) is 119 Å². The molecule has 2 N–H and O–H groups in total. The van der Waals surface area contributed by atoms with E-state index in [0.717, 1.165) is 64.8 Å². The first-order valence-corrected chi connectivity index (χ1v) is 13.5. The van der Waals surface area contributed by atoms with Crippen LogP contribution in [0.25, 0.3) is 28.2 Å². The van der Waals surface area contributed by atoms with E-state index >= 15 is 0 Å². The van der Waals surface area contributed by atoms with Crippen LogP contribution in [0.15, 0.2) is 66.9 Å². The number of carbonyl (C=O) groups excluding carboxylic acids is 1. The maximum Gasteiger partial charge on any atom is 0.408 e. The van der Waals surface area contributed by atoms with Crippen LogP contribution in [0.1, 0.15) is 55.0 Å². The molecule has 0 unspecified atom stereocenters. The third-order valence-electron chi connectivity index (χ3n) is 7.49. The third kappa shape index (κ3) is 5.12. The molecule has 1 atom stereocenters. The average Bonchev–Trinajstić information content (AvgIpc) is 3.69. The van der Waals surface area contributed by atoms with Crippen molar-refractivity contribution in [2.75, 3.05) is 7.11 Å². The number of amides is 1. The molecule has 0 aliphatic heterocycles. The van der Waals surface area contributed by atoms with E-state index in [2.05, 4.69) is 30.9 Å². The van der Waals surface area contributed by atoms with Gasteiger partial charge in [-0.05, 0) is 53.3 Å². The summed E-state index contributed by atoms with van der Waals surface area (Å²) < 4.78 is 13.5. The van der Waals surface area contributed by atoms with Crippen molar-refractivity contribution in [3.63, 3.8) is 0 Å². The normalized spacial score (nSPS) is 14.7. The second-order valence-corrected chi connectivity index (χ2v) is 10.1. The van der Waals surface area contributed by atoms with Gasteiger partial charge in [-0.15, -0.1) is 10.2 Å². The fourth-order valence-corrected chi connectivity index (χ4v) is 5.41. The second-order valence-electron chi connectivity index (χ2n) is 10.1. The number of hydrogen-bond donors (Lipinski definition) is 2. The van der Waals surface area contributed by atoms with Crippen LogP contribution in [-0.2, 0) is 4.74 Å². The van der Waals surface area contributed by atoms with Crippen molar-refractivity contribution in [3.05, 3.63) is 83.7 Å². The molecule has 0 radical (unpaired) electrons. The van der Waals surface area contributed by atoms with Gasteiger partial charge in [-0.1, -0.05) is 73.9 Å². The van der Waals surface area contributed by atoms with E-state index in [1.165, 1.54) is 6.42 Å². The van der Waals surface area contributed by atoms with Crippen molar-refractivity contribution >= 4 is 11.7 Å². The van der Waals surface area contributed by atoms with E-state index in [-0.39, 0.29) is 6.04 Å². The lowest BCUT2D eigenvalue weighted by molar-refractivity contribution is 0.108. The van der Waals surface area contributed by atoms with Gasteiger partial charge in [0, 0.05) is 11.6 Å². The zero-order valence-corrected chi connectivity index (χ0v) is 22.5. The molecule has 3 aromatic heterocycles. The first kappa shape index (κ1) is 25.5. The molecule has 40 heavy (non-hydrogen) atoms. The highest BCUT2D eigenvalue weighted by molar-refractivity contribution is 5.80. The Morgan fingerprint density at radius 1 is 1.02 bits per heavy atom. The van der Waals surface area contributed by atoms with Crippen LogP contribution in [-0.4, -0.2) is 49.3 Å². The van der Waals surface area contributed by atoms with Gasteiger partial charge in [0.25, 0.3) is 0 Å². The van der Waals surface area contributed by atoms with Gasteiger partial charge in [0.15, 0.2) is 6.10 Å². The summed E-state index contributed by atoms with van der Waals surface area (Å²) in [6, 6.07) is 20.0. The molecule has 6 rings (SSSR count). The molecule has 1 aliphatic rings. The summed E-state index contributed by atoms with van der Waals surface area (Å²) in [6.07, 6.45) is 6.12. The quantitative estimate of drug-likeness (QED) is 0.275. The van der Waals surface area contributed by atoms with E-state index in [9.17, 15) is 4.79 Å². The summed E-state index contributed by atoms with van der Waals surface area (Å²) in [7, 11) is 1.59. The number of aryl methyl sites for hydroxylation is 1. The number of aromatic amines is 1. The predicted octanol–water partition coefficient (Wildman–Crippen LogP) is 5.65. The fourth-order valence-electron chi connectivity index (χ4n) is 5.41. The number of alkyl carbamates (subject to hydrolysis) is 1. The van der Waals surface area contributed by atoms with Gasteiger partial charge >= 0.3 is 6.09 Å². The zero-order chi connectivity index (χ0) is 27.5. The average molecular weight is 538 g/mol. The van der Waals surface area contributed by atoms with E-state index in [4.69, 9.17) is 9.47 Å². The van der Waals surface area contributed by atoms with E-state index in [1.54, 1.807) is 7.11 Å². The third-order valence-corrected chi connectivity index (χ3v) is 7.49. The molecule has 1 amide bonds. The number of tetrazole rings is 1. The minimum Gasteiger partial charge on any atom is -0.480 e. The van der Waals surface area contributed by atoms with Crippen molar-refractivity contribution in [2.24, 2.45) is 0 Å². The summed E-state index contributed by atoms with van der Waals surface area (Å²) in [5.74, 6) is 1.02. The van der Waals surface area contributed by atoms with Crippen molar-refractivity contribution in [2.45, 2.75) is 51.2 Å². The van der Waals surface area contributed by atoms with Crippen molar-refractivity contribution in [1.82, 2.24) is 35.3 Å². The number of pyridine rings is 1. The number of carbonyl (C=O) groups is 1. The Kier molecular flexibility index (Phi) is 7.13. The number of aromatic nitrogens is 6. The fraction of sp³-hybridized carbons (Fsp3) is 0.300. The number of methoxy groups -OCH3 is 1. The number of rotatable bonds is 7. The summed E-state index contributed by atoms with van der Waals surface area (Å²) in [4.78, 5) is 17.8. The molecule has 5 aromatic rings. The largest absolute Gasteiger partial charge is 0.480 e. The standard InChI is InChI=1S/C30H31N7O3/c1-19-12-17-25(37-18-26(39-2)32-29(19)37)27(40-30(38)31-22-8-4-3-5-9-22)21-15-13-20(14-16-21)23-10-6-7-11-24(23)28-33-35-36-34-28/h6-7,10-18,22,27H,3-5,8-9H2,1-2H3,(H,31,38)(H,33,34,35,36)/t27-/m1/s1. The van der Waals surface area contributed by atoms with Crippen LogP contribution in [0.4, 0.5) is 4.79 Å². The molecule has 3 heterocycles. The molecule has 10 nitrogen and oxygen atoms in total. The smallest absolute Gasteiger partial charge is 0.408 e. The molecule has 0 bridgehead atoms. The first-order valence-electron chi connectivity index (χ1n) is 13.5. The van der Waals surface area contributed by atoms with Crippen molar-refractivity contribution < 1.29 is 14.3 Å². The lowest BCUT2D eigenvalue weighted by atomic mass is 9.96. The number of nitrogens with zero attached hydrogens (tertiary/aromatic N) is 5. The van der Waals surface area contributed by atoms with E-state index < -0.39 is 12.2 Å². The van der Waals surface area contributed by atoms with Gasteiger partial charge < -0.3 is 14.8 Å². The maximum atomic E-state index is 13.2. The second kappa shape index (κ2) is 11.2. The molecule has 10 heteroatoms. The van der Waals surface area contributed by atoms with Crippen LogP contribution >= 0.6 is 0 Å². The minimum atomic E-state index is -0.674. The molecular formula is C30H31N7O3. The highest BCUT2D eigenvalue weighted by atomic mass is 16.6. The number of benzene rings is 2. The van der Waals surface area contributed by atoms with Gasteiger partial charge in [0.2, 0.25) is 11.7 Å². The number of H-pyrrole nitrogens is 1. The number of nitrogens with one attached hydrogen (secondary N) is 2.